The molecule has 0 aliphatic carbocycles. The van der Waals surface area contributed by atoms with E-state index in [-0.39, 0.29) is 0 Å². The van der Waals surface area contributed by atoms with E-state index < -0.39 is 0 Å². The second kappa shape index (κ2) is 6.91. The van der Waals surface area contributed by atoms with Crippen molar-refractivity contribution in [2.45, 2.75) is 58.9 Å². The standard InChI is InChI=1S/C19H30N4/c1-14(2)23-18-12-15(3)16(13-17(18)21-19(23)20)8-4-5-9-22-10-6-7-11-22/h12-14H,4-11H2,1-3H3,(H2,20,21). The van der Waals surface area contributed by atoms with E-state index in [0.29, 0.717) is 12.0 Å². The van der Waals surface area contributed by atoms with Crippen LogP contribution in [0, 0.1) is 6.92 Å². The van der Waals surface area contributed by atoms with Crippen molar-refractivity contribution in [3.05, 3.63) is 23.3 Å². The lowest BCUT2D eigenvalue weighted by Gasteiger charge is -2.14. The number of nitrogens with zero attached hydrogens (tertiary/aromatic N) is 3. The van der Waals surface area contributed by atoms with E-state index in [1.807, 2.05) is 0 Å². The summed E-state index contributed by atoms with van der Waals surface area (Å²) in [5.41, 5.74) is 11.1. The molecule has 1 saturated heterocycles. The Hall–Kier alpha value is -1.55. The topological polar surface area (TPSA) is 47.1 Å². The number of hydrogen-bond donors (Lipinski definition) is 1. The molecule has 1 aromatic carbocycles. The fourth-order valence-electron chi connectivity index (χ4n) is 3.78. The van der Waals surface area contributed by atoms with Gasteiger partial charge in [-0.2, -0.15) is 0 Å². The lowest BCUT2D eigenvalue weighted by molar-refractivity contribution is 0.330. The summed E-state index contributed by atoms with van der Waals surface area (Å²) in [6, 6.07) is 4.84. The van der Waals surface area contributed by atoms with Crippen molar-refractivity contribution < 1.29 is 0 Å². The molecule has 23 heavy (non-hydrogen) atoms. The number of benzene rings is 1. The van der Waals surface area contributed by atoms with Crippen LogP contribution < -0.4 is 5.73 Å². The van der Waals surface area contributed by atoms with Gasteiger partial charge < -0.3 is 15.2 Å². The molecule has 0 saturated carbocycles. The zero-order valence-electron chi connectivity index (χ0n) is 14.8. The molecule has 0 spiro atoms. The molecule has 1 aromatic heterocycles. The lowest BCUT2D eigenvalue weighted by atomic mass is 10.0. The molecule has 4 heteroatoms. The third-order valence-corrected chi connectivity index (χ3v) is 5.06. The number of aromatic nitrogens is 2. The Balaban J connectivity index is 1.67. The van der Waals surface area contributed by atoms with Crippen molar-refractivity contribution in [1.82, 2.24) is 14.5 Å². The molecule has 1 fully saturated rings. The van der Waals surface area contributed by atoms with Crippen LogP contribution >= 0.6 is 0 Å². The van der Waals surface area contributed by atoms with E-state index in [9.17, 15) is 0 Å². The van der Waals surface area contributed by atoms with E-state index in [1.54, 1.807) is 0 Å². The number of nitrogen functional groups attached to an aromatic ring is 1. The highest BCUT2D eigenvalue weighted by Gasteiger charge is 2.13. The Morgan fingerprint density at radius 1 is 1.17 bits per heavy atom. The van der Waals surface area contributed by atoms with Crippen molar-refractivity contribution in [1.29, 1.82) is 0 Å². The summed E-state index contributed by atoms with van der Waals surface area (Å²) in [5.74, 6) is 0.626. The van der Waals surface area contributed by atoms with Gasteiger partial charge in [-0.1, -0.05) is 0 Å². The largest absolute Gasteiger partial charge is 0.369 e. The van der Waals surface area contributed by atoms with Crippen LogP contribution in [0.5, 0.6) is 0 Å². The summed E-state index contributed by atoms with van der Waals surface area (Å²) < 4.78 is 2.12. The summed E-state index contributed by atoms with van der Waals surface area (Å²) in [6.45, 7) is 10.4. The van der Waals surface area contributed by atoms with Gasteiger partial charge in [0.1, 0.15) is 0 Å². The molecule has 0 unspecified atom stereocenters. The van der Waals surface area contributed by atoms with E-state index in [1.165, 1.54) is 56.4 Å². The molecule has 1 aliphatic heterocycles. The summed E-state index contributed by atoms with van der Waals surface area (Å²) in [6.07, 6.45) is 6.46. The number of hydrogen-bond acceptors (Lipinski definition) is 3. The molecule has 3 rings (SSSR count). The van der Waals surface area contributed by atoms with E-state index in [4.69, 9.17) is 5.73 Å². The Bertz CT molecular complexity index is 666. The highest BCUT2D eigenvalue weighted by molar-refractivity contribution is 5.80. The predicted molar refractivity (Wildman–Crippen MR) is 97.9 cm³/mol. The number of fused-ring (bicyclic) bond motifs is 1. The number of anilines is 1. The minimum Gasteiger partial charge on any atom is -0.369 e. The van der Waals surface area contributed by atoms with Crippen molar-refractivity contribution in [2.75, 3.05) is 25.4 Å². The van der Waals surface area contributed by atoms with Gasteiger partial charge in [0.15, 0.2) is 0 Å². The SMILES string of the molecule is Cc1cc2c(cc1CCCCN1CCCC1)nc(N)n2C(C)C. The summed E-state index contributed by atoms with van der Waals surface area (Å²) in [5, 5.41) is 0. The van der Waals surface area contributed by atoms with Crippen LogP contribution in [-0.4, -0.2) is 34.1 Å². The number of likely N-dealkylation sites (tertiary alicyclic amines) is 1. The predicted octanol–water partition coefficient (Wildman–Crippen LogP) is 3.93. The van der Waals surface area contributed by atoms with Crippen LogP contribution in [0.3, 0.4) is 0 Å². The van der Waals surface area contributed by atoms with Gasteiger partial charge in [0, 0.05) is 6.04 Å². The number of rotatable bonds is 6. The summed E-state index contributed by atoms with van der Waals surface area (Å²) in [4.78, 5) is 7.16. The maximum atomic E-state index is 6.09. The fourth-order valence-corrected chi connectivity index (χ4v) is 3.78. The Labute approximate surface area is 139 Å². The number of unbranched alkanes of at least 4 members (excludes halogenated alkanes) is 1. The zero-order chi connectivity index (χ0) is 16.4. The van der Waals surface area contributed by atoms with Crippen molar-refractivity contribution in [3.8, 4) is 0 Å². The monoisotopic (exact) mass is 314 g/mol. The minimum atomic E-state index is 0.339. The first-order chi connectivity index (χ1) is 11.1. The first-order valence-corrected chi connectivity index (χ1v) is 9.05. The van der Waals surface area contributed by atoms with E-state index >= 15 is 0 Å². The van der Waals surface area contributed by atoms with Crippen LogP contribution in [-0.2, 0) is 6.42 Å². The molecular weight excluding hydrogens is 284 g/mol. The maximum absolute atomic E-state index is 6.09. The van der Waals surface area contributed by atoms with Crippen LogP contribution in [0.2, 0.25) is 0 Å². The molecule has 0 amide bonds. The molecule has 0 radical (unpaired) electrons. The van der Waals surface area contributed by atoms with E-state index in [2.05, 4.69) is 47.4 Å². The Morgan fingerprint density at radius 2 is 1.91 bits per heavy atom. The Morgan fingerprint density at radius 3 is 2.61 bits per heavy atom. The molecule has 1 aliphatic rings. The summed E-state index contributed by atoms with van der Waals surface area (Å²) >= 11 is 0. The van der Waals surface area contributed by atoms with Crippen molar-refractivity contribution in [3.63, 3.8) is 0 Å². The highest BCUT2D eigenvalue weighted by Crippen LogP contribution is 2.26. The second-order valence-corrected chi connectivity index (χ2v) is 7.21. The molecule has 126 valence electrons. The normalized spacial score (nSPS) is 16.0. The van der Waals surface area contributed by atoms with Gasteiger partial charge in [-0.05, 0) is 95.8 Å². The van der Waals surface area contributed by atoms with Gasteiger partial charge in [0.05, 0.1) is 11.0 Å². The lowest BCUT2D eigenvalue weighted by Crippen LogP contribution is -2.20. The fraction of sp³-hybridized carbons (Fsp3) is 0.632. The summed E-state index contributed by atoms with van der Waals surface area (Å²) in [7, 11) is 0. The minimum absolute atomic E-state index is 0.339. The third kappa shape index (κ3) is 3.52. The van der Waals surface area contributed by atoms with Crippen LogP contribution in [0.4, 0.5) is 5.95 Å². The van der Waals surface area contributed by atoms with Gasteiger partial charge in [-0.15, -0.1) is 0 Å². The zero-order valence-corrected chi connectivity index (χ0v) is 14.8. The smallest absolute Gasteiger partial charge is 0.201 e. The van der Waals surface area contributed by atoms with Gasteiger partial charge in [-0.25, -0.2) is 4.98 Å². The third-order valence-electron chi connectivity index (χ3n) is 5.06. The first kappa shape index (κ1) is 16.3. The van der Waals surface area contributed by atoms with Gasteiger partial charge in [-0.3, -0.25) is 0 Å². The maximum Gasteiger partial charge on any atom is 0.201 e. The van der Waals surface area contributed by atoms with Crippen LogP contribution in [0.25, 0.3) is 11.0 Å². The molecular formula is C19H30N4. The number of nitrogens with two attached hydrogens (primary N) is 1. The number of aryl methyl sites for hydroxylation is 2. The van der Waals surface area contributed by atoms with E-state index in [0.717, 1.165) is 17.5 Å². The molecule has 2 heterocycles. The second-order valence-electron chi connectivity index (χ2n) is 7.21. The first-order valence-electron chi connectivity index (χ1n) is 9.05. The highest BCUT2D eigenvalue weighted by atomic mass is 15.2. The van der Waals surface area contributed by atoms with Crippen LogP contribution in [0.1, 0.15) is 56.7 Å². The molecule has 2 aromatic rings. The van der Waals surface area contributed by atoms with Gasteiger partial charge in [0.25, 0.3) is 0 Å². The quantitative estimate of drug-likeness (QED) is 0.822. The molecule has 0 bridgehead atoms. The van der Waals surface area contributed by atoms with Crippen molar-refractivity contribution in [2.24, 2.45) is 0 Å². The molecule has 4 nitrogen and oxygen atoms in total. The van der Waals surface area contributed by atoms with Crippen molar-refractivity contribution >= 4 is 17.0 Å². The average molecular weight is 314 g/mol. The number of imidazole rings is 1. The van der Waals surface area contributed by atoms with Crippen LogP contribution in [0.15, 0.2) is 12.1 Å². The average Bonchev–Trinajstić information content (AvgIpc) is 3.10. The van der Waals surface area contributed by atoms with Gasteiger partial charge >= 0.3 is 0 Å². The molecule has 2 N–H and O–H groups in total. The van der Waals surface area contributed by atoms with Gasteiger partial charge in [0.2, 0.25) is 5.95 Å². The Kier molecular flexibility index (Phi) is 4.90. The molecule has 0 atom stereocenters.